The summed E-state index contributed by atoms with van der Waals surface area (Å²) < 4.78 is 5.66. The average molecular weight is 208 g/mol. The fourth-order valence-electron chi connectivity index (χ4n) is 1.17. The number of carboxylic acid groups (broad SMARTS) is 1. The summed E-state index contributed by atoms with van der Waals surface area (Å²) >= 11 is 0. The van der Waals surface area contributed by atoms with Gasteiger partial charge in [-0.3, -0.25) is 0 Å². The Morgan fingerprint density at radius 2 is 1.93 bits per heavy atom. The van der Waals surface area contributed by atoms with Crippen LogP contribution in [0, 0.1) is 6.92 Å². The van der Waals surface area contributed by atoms with E-state index < -0.39 is 5.97 Å². The Morgan fingerprint density at radius 3 is 2.40 bits per heavy atom. The molecule has 0 aromatic heterocycles. The van der Waals surface area contributed by atoms with Crippen molar-refractivity contribution >= 4 is 5.97 Å². The van der Waals surface area contributed by atoms with Gasteiger partial charge in [0.1, 0.15) is 11.4 Å². The number of hydrogen-bond donors (Lipinski definition) is 1. The Hall–Kier alpha value is -1.51. The van der Waals surface area contributed by atoms with Gasteiger partial charge in [-0.1, -0.05) is 6.07 Å². The van der Waals surface area contributed by atoms with E-state index in [2.05, 4.69) is 0 Å². The third-order valence-electron chi connectivity index (χ3n) is 1.85. The van der Waals surface area contributed by atoms with Gasteiger partial charge < -0.3 is 9.84 Å². The Morgan fingerprint density at radius 1 is 1.33 bits per heavy atom. The molecule has 0 atom stereocenters. The molecule has 0 saturated carbocycles. The molecule has 1 N–H and O–H groups in total. The monoisotopic (exact) mass is 208 g/mol. The molecule has 0 aliphatic rings. The molecule has 0 aliphatic carbocycles. The summed E-state index contributed by atoms with van der Waals surface area (Å²) in [6.07, 6.45) is 0. The minimum atomic E-state index is -0.936. The second kappa shape index (κ2) is 3.93. The lowest BCUT2D eigenvalue weighted by atomic mass is 10.1. The van der Waals surface area contributed by atoms with Gasteiger partial charge in [0, 0.05) is 0 Å². The van der Waals surface area contributed by atoms with Crippen molar-refractivity contribution < 1.29 is 14.6 Å². The van der Waals surface area contributed by atoms with Crippen LogP contribution >= 0.6 is 0 Å². The first-order valence-electron chi connectivity index (χ1n) is 4.82. The maximum atomic E-state index is 10.8. The van der Waals surface area contributed by atoms with E-state index in [4.69, 9.17) is 9.84 Å². The summed E-state index contributed by atoms with van der Waals surface area (Å²) in [5, 5.41) is 8.84. The highest BCUT2D eigenvalue weighted by Gasteiger charge is 2.14. The number of aromatic carboxylic acids is 1. The van der Waals surface area contributed by atoms with Crippen LogP contribution in [0.2, 0.25) is 0 Å². The second-order valence-corrected chi connectivity index (χ2v) is 4.50. The van der Waals surface area contributed by atoms with E-state index in [0.717, 1.165) is 5.56 Å². The molecule has 3 nitrogen and oxygen atoms in total. The van der Waals surface area contributed by atoms with E-state index in [1.54, 1.807) is 18.2 Å². The number of benzene rings is 1. The predicted molar refractivity (Wildman–Crippen MR) is 58.5 cm³/mol. The lowest BCUT2D eigenvalue weighted by Crippen LogP contribution is -2.23. The fraction of sp³-hybridized carbons (Fsp3) is 0.417. The van der Waals surface area contributed by atoms with Crippen LogP contribution in [0.4, 0.5) is 0 Å². The van der Waals surface area contributed by atoms with Crippen LogP contribution in [-0.4, -0.2) is 16.7 Å². The van der Waals surface area contributed by atoms with Crippen LogP contribution in [-0.2, 0) is 0 Å². The maximum Gasteiger partial charge on any atom is 0.335 e. The molecule has 0 unspecified atom stereocenters. The van der Waals surface area contributed by atoms with Gasteiger partial charge in [-0.15, -0.1) is 0 Å². The Bertz CT molecular complexity index is 375. The van der Waals surface area contributed by atoms with Crippen molar-refractivity contribution in [2.75, 3.05) is 0 Å². The molecule has 0 aliphatic heterocycles. The predicted octanol–water partition coefficient (Wildman–Crippen LogP) is 2.87. The van der Waals surface area contributed by atoms with Gasteiger partial charge in [-0.25, -0.2) is 4.79 Å². The molecule has 0 spiro atoms. The molecule has 0 radical (unpaired) electrons. The first-order chi connectivity index (χ1) is 6.79. The van der Waals surface area contributed by atoms with Crippen LogP contribution in [0.5, 0.6) is 5.75 Å². The van der Waals surface area contributed by atoms with Crippen LogP contribution < -0.4 is 4.74 Å². The van der Waals surface area contributed by atoms with Crippen molar-refractivity contribution in [1.29, 1.82) is 0 Å². The SMILES string of the molecule is Cc1ccc(C(=O)O)cc1OC(C)(C)C. The van der Waals surface area contributed by atoms with E-state index in [9.17, 15) is 4.79 Å². The smallest absolute Gasteiger partial charge is 0.335 e. The number of rotatable bonds is 2. The highest BCUT2D eigenvalue weighted by molar-refractivity contribution is 5.88. The zero-order chi connectivity index (χ0) is 11.6. The molecule has 15 heavy (non-hydrogen) atoms. The van der Waals surface area contributed by atoms with Crippen LogP contribution in [0.15, 0.2) is 18.2 Å². The van der Waals surface area contributed by atoms with Crippen molar-refractivity contribution in [3.05, 3.63) is 29.3 Å². The van der Waals surface area contributed by atoms with Gasteiger partial charge >= 0.3 is 5.97 Å². The molecule has 1 rings (SSSR count). The zero-order valence-corrected chi connectivity index (χ0v) is 9.50. The maximum absolute atomic E-state index is 10.8. The van der Waals surface area contributed by atoms with E-state index in [1.165, 1.54) is 0 Å². The van der Waals surface area contributed by atoms with Gasteiger partial charge in [0.05, 0.1) is 5.56 Å². The van der Waals surface area contributed by atoms with E-state index >= 15 is 0 Å². The molecule has 0 heterocycles. The lowest BCUT2D eigenvalue weighted by Gasteiger charge is -2.22. The molecule has 0 amide bonds. The van der Waals surface area contributed by atoms with Gasteiger partial charge in [0.2, 0.25) is 0 Å². The van der Waals surface area contributed by atoms with E-state index in [1.807, 2.05) is 27.7 Å². The lowest BCUT2D eigenvalue weighted by molar-refractivity contribution is 0.0694. The Kier molecular flexibility index (Phi) is 3.03. The number of carboxylic acids is 1. The summed E-state index contributed by atoms with van der Waals surface area (Å²) in [6.45, 7) is 7.69. The summed E-state index contributed by atoms with van der Waals surface area (Å²) in [5.41, 5.74) is 0.872. The van der Waals surface area contributed by atoms with Crippen LogP contribution in [0.1, 0.15) is 36.7 Å². The highest BCUT2D eigenvalue weighted by atomic mass is 16.5. The summed E-state index contributed by atoms with van der Waals surface area (Å²) in [7, 11) is 0. The molecule has 3 heteroatoms. The molecule has 0 saturated heterocycles. The highest BCUT2D eigenvalue weighted by Crippen LogP contribution is 2.23. The van der Waals surface area contributed by atoms with Gasteiger partial charge in [-0.05, 0) is 45.4 Å². The Balaban J connectivity index is 3.06. The van der Waals surface area contributed by atoms with Gasteiger partial charge in [-0.2, -0.15) is 0 Å². The van der Waals surface area contributed by atoms with Crippen molar-refractivity contribution in [2.24, 2.45) is 0 Å². The normalized spacial score (nSPS) is 11.2. The van der Waals surface area contributed by atoms with Gasteiger partial charge in [0.25, 0.3) is 0 Å². The van der Waals surface area contributed by atoms with Crippen molar-refractivity contribution in [3.63, 3.8) is 0 Å². The standard InChI is InChI=1S/C12H16O3/c1-8-5-6-9(11(13)14)7-10(8)15-12(2,3)4/h5-7H,1-4H3,(H,13,14). The molecule has 1 aromatic carbocycles. The third-order valence-corrected chi connectivity index (χ3v) is 1.85. The molecule has 82 valence electrons. The van der Waals surface area contributed by atoms with Crippen molar-refractivity contribution in [1.82, 2.24) is 0 Å². The molecular weight excluding hydrogens is 192 g/mol. The van der Waals surface area contributed by atoms with Gasteiger partial charge in [0.15, 0.2) is 0 Å². The summed E-state index contributed by atoms with van der Waals surface area (Å²) in [4.78, 5) is 10.8. The quantitative estimate of drug-likeness (QED) is 0.812. The Labute approximate surface area is 89.7 Å². The number of hydrogen-bond acceptors (Lipinski definition) is 2. The first-order valence-corrected chi connectivity index (χ1v) is 4.82. The molecule has 0 bridgehead atoms. The number of aryl methyl sites for hydroxylation is 1. The average Bonchev–Trinajstić information content (AvgIpc) is 2.06. The zero-order valence-electron chi connectivity index (χ0n) is 9.50. The third kappa shape index (κ3) is 3.27. The fourth-order valence-corrected chi connectivity index (χ4v) is 1.17. The summed E-state index contributed by atoms with van der Waals surface area (Å²) in [5.74, 6) is -0.309. The van der Waals surface area contributed by atoms with Crippen LogP contribution in [0.3, 0.4) is 0 Å². The van der Waals surface area contributed by atoms with Crippen molar-refractivity contribution in [2.45, 2.75) is 33.3 Å². The molecule has 0 fully saturated rings. The van der Waals surface area contributed by atoms with Crippen LogP contribution in [0.25, 0.3) is 0 Å². The number of ether oxygens (including phenoxy) is 1. The minimum absolute atomic E-state index is 0.250. The molecule has 1 aromatic rings. The summed E-state index contributed by atoms with van der Waals surface area (Å²) in [6, 6.07) is 4.89. The van der Waals surface area contributed by atoms with E-state index in [0.29, 0.717) is 5.75 Å². The number of carbonyl (C=O) groups is 1. The van der Waals surface area contributed by atoms with E-state index in [-0.39, 0.29) is 11.2 Å². The largest absolute Gasteiger partial charge is 0.488 e. The van der Waals surface area contributed by atoms with Crippen molar-refractivity contribution in [3.8, 4) is 5.75 Å². The minimum Gasteiger partial charge on any atom is -0.488 e. The topological polar surface area (TPSA) is 46.5 Å². The first kappa shape index (κ1) is 11.6. The second-order valence-electron chi connectivity index (χ2n) is 4.50. The molecular formula is C12H16O3.